The van der Waals surface area contributed by atoms with Crippen LogP contribution in [0.1, 0.15) is 11.4 Å². The number of hydrogen-bond donors (Lipinski definition) is 2. The zero-order chi connectivity index (χ0) is 19.5. The van der Waals surface area contributed by atoms with Crippen molar-refractivity contribution in [3.63, 3.8) is 0 Å². The zero-order valence-electron chi connectivity index (χ0n) is 14.7. The van der Waals surface area contributed by atoms with Crippen LogP contribution in [-0.4, -0.2) is 14.8 Å². The minimum absolute atomic E-state index is 0.556. The summed E-state index contributed by atoms with van der Waals surface area (Å²) >= 11 is 18.1. The van der Waals surface area contributed by atoms with E-state index in [1.54, 1.807) is 12.1 Å². The second-order valence-corrected chi connectivity index (χ2v) is 7.37. The predicted molar refractivity (Wildman–Crippen MR) is 118 cm³/mol. The summed E-state index contributed by atoms with van der Waals surface area (Å²) in [5.41, 5.74) is 3.60. The summed E-state index contributed by atoms with van der Waals surface area (Å²) in [6.07, 6.45) is 0.577. The molecule has 7 heteroatoms. The van der Waals surface area contributed by atoms with Crippen molar-refractivity contribution in [2.75, 3.05) is 5.32 Å². The van der Waals surface area contributed by atoms with Gasteiger partial charge in [-0.15, -0.1) is 0 Å². The van der Waals surface area contributed by atoms with Gasteiger partial charge in [-0.05, 0) is 48.1 Å². The number of aromatic nitrogens is 3. The molecule has 0 spiro atoms. The molecule has 0 aliphatic rings. The number of aromatic amines is 1. The molecule has 0 saturated heterocycles. The molecule has 0 bridgehead atoms. The Labute approximate surface area is 177 Å². The number of anilines is 2. The van der Waals surface area contributed by atoms with Gasteiger partial charge in [0, 0.05) is 17.8 Å². The summed E-state index contributed by atoms with van der Waals surface area (Å²) in [4.78, 5) is 0. The molecule has 0 amide bonds. The number of nitrogens with zero attached hydrogens (tertiary/aromatic N) is 2. The van der Waals surface area contributed by atoms with Crippen molar-refractivity contribution in [2.24, 2.45) is 0 Å². The van der Waals surface area contributed by atoms with E-state index >= 15 is 0 Å². The Hall–Kier alpha value is -2.60. The van der Waals surface area contributed by atoms with Crippen molar-refractivity contribution in [3.05, 3.63) is 99.0 Å². The van der Waals surface area contributed by atoms with Gasteiger partial charge < -0.3 is 5.32 Å². The van der Waals surface area contributed by atoms with Crippen LogP contribution in [0, 0.1) is 4.77 Å². The van der Waals surface area contributed by atoms with Crippen molar-refractivity contribution in [1.82, 2.24) is 14.8 Å². The summed E-state index contributed by atoms with van der Waals surface area (Å²) in [6, 6.07) is 23.3. The first-order chi connectivity index (χ1) is 13.6. The maximum atomic E-state index is 6.32. The monoisotopic (exact) mass is 426 g/mol. The summed E-state index contributed by atoms with van der Waals surface area (Å²) in [6.45, 7) is 0. The minimum Gasteiger partial charge on any atom is -0.353 e. The van der Waals surface area contributed by atoms with Crippen LogP contribution in [0.3, 0.4) is 0 Å². The van der Waals surface area contributed by atoms with Crippen molar-refractivity contribution in [3.8, 4) is 5.69 Å². The van der Waals surface area contributed by atoms with E-state index in [0.717, 1.165) is 22.8 Å². The van der Waals surface area contributed by atoms with Crippen LogP contribution in [-0.2, 0) is 6.42 Å². The van der Waals surface area contributed by atoms with E-state index < -0.39 is 0 Å². The van der Waals surface area contributed by atoms with Gasteiger partial charge in [0.2, 0.25) is 0 Å². The predicted octanol–water partition coefficient (Wildman–Crippen LogP) is 6.57. The maximum absolute atomic E-state index is 6.32. The topological polar surface area (TPSA) is 45.6 Å². The number of halogens is 2. The molecular formula is C21H16Cl2N4S. The minimum atomic E-state index is 0.556. The molecule has 0 radical (unpaired) electrons. The van der Waals surface area contributed by atoms with Gasteiger partial charge in [0.25, 0.3) is 0 Å². The number of benzene rings is 3. The Balaban J connectivity index is 1.71. The van der Waals surface area contributed by atoms with Gasteiger partial charge in [0.15, 0.2) is 4.77 Å². The Morgan fingerprint density at radius 2 is 1.57 bits per heavy atom. The molecule has 4 nitrogen and oxygen atoms in total. The van der Waals surface area contributed by atoms with Crippen molar-refractivity contribution < 1.29 is 0 Å². The standard InChI is InChI=1S/C21H16Cl2N4S/c22-16-10-6-11-17(23)20(16)24-18-12-5-4-7-14(18)13-19-25-26-21(28)27(19)15-8-2-1-3-9-15/h1-12,24H,13H2,(H,26,28). The lowest BCUT2D eigenvalue weighted by Gasteiger charge is -2.15. The zero-order valence-corrected chi connectivity index (χ0v) is 17.0. The molecule has 0 unspecified atom stereocenters. The first-order valence-electron chi connectivity index (χ1n) is 8.64. The highest BCUT2D eigenvalue weighted by Crippen LogP contribution is 2.34. The second-order valence-electron chi connectivity index (χ2n) is 6.17. The van der Waals surface area contributed by atoms with Gasteiger partial charge in [-0.2, -0.15) is 5.10 Å². The molecule has 2 N–H and O–H groups in total. The maximum Gasteiger partial charge on any atom is 0.199 e. The van der Waals surface area contributed by atoms with E-state index in [4.69, 9.17) is 35.4 Å². The third-order valence-corrected chi connectivity index (χ3v) is 5.25. The molecule has 0 fully saturated rings. The van der Waals surface area contributed by atoms with Gasteiger partial charge in [0.05, 0.1) is 15.7 Å². The van der Waals surface area contributed by atoms with E-state index in [0.29, 0.717) is 26.9 Å². The van der Waals surface area contributed by atoms with Gasteiger partial charge in [-0.3, -0.25) is 9.67 Å². The first-order valence-corrected chi connectivity index (χ1v) is 9.80. The largest absolute Gasteiger partial charge is 0.353 e. The molecule has 3 aromatic carbocycles. The lowest BCUT2D eigenvalue weighted by Crippen LogP contribution is -2.04. The van der Waals surface area contributed by atoms with Gasteiger partial charge in [-0.25, -0.2) is 0 Å². The highest BCUT2D eigenvalue weighted by molar-refractivity contribution is 7.71. The Kier molecular flexibility index (Phi) is 5.48. The fourth-order valence-corrected chi connectivity index (χ4v) is 3.76. The molecule has 140 valence electrons. The fraction of sp³-hybridized carbons (Fsp3) is 0.0476. The van der Waals surface area contributed by atoms with Crippen LogP contribution in [0.2, 0.25) is 10.0 Å². The average molecular weight is 427 g/mol. The molecule has 0 atom stereocenters. The van der Waals surface area contributed by atoms with E-state index in [1.807, 2.05) is 65.2 Å². The summed E-state index contributed by atoms with van der Waals surface area (Å²) in [5.74, 6) is 0.815. The third-order valence-electron chi connectivity index (χ3n) is 4.34. The van der Waals surface area contributed by atoms with Crippen LogP contribution < -0.4 is 5.32 Å². The SMILES string of the molecule is S=c1[nH]nc(Cc2ccccc2Nc2c(Cl)cccc2Cl)n1-c1ccccc1. The average Bonchev–Trinajstić information content (AvgIpc) is 3.07. The Morgan fingerprint density at radius 1 is 0.893 bits per heavy atom. The molecule has 0 saturated carbocycles. The molecule has 1 heterocycles. The van der Waals surface area contributed by atoms with Gasteiger partial charge in [0.1, 0.15) is 5.82 Å². The van der Waals surface area contributed by atoms with Crippen LogP contribution in [0.5, 0.6) is 0 Å². The lowest BCUT2D eigenvalue weighted by molar-refractivity contribution is 0.903. The molecule has 0 aliphatic carbocycles. The van der Waals surface area contributed by atoms with E-state index in [1.165, 1.54) is 0 Å². The molecular weight excluding hydrogens is 411 g/mol. The van der Waals surface area contributed by atoms with Gasteiger partial charge >= 0.3 is 0 Å². The summed E-state index contributed by atoms with van der Waals surface area (Å²) in [7, 11) is 0. The molecule has 1 aromatic heterocycles. The first kappa shape index (κ1) is 18.7. The fourth-order valence-electron chi connectivity index (χ4n) is 3.01. The molecule has 28 heavy (non-hydrogen) atoms. The number of H-pyrrole nitrogens is 1. The summed E-state index contributed by atoms with van der Waals surface area (Å²) < 4.78 is 2.50. The van der Waals surface area contributed by atoms with Crippen LogP contribution in [0.25, 0.3) is 5.69 Å². The van der Waals surface area contributed by atoms with Gasteiger partial charge in [-0.1, -0.05) is 65.7 Å². The third kappa shape index (κ3) is 3.83. The normalized spacial score (nSPS) is 10.8. The van der Waals surface area contributed by atoms with Crippen molar-refractivity contribution >= 4 is 46.8 Å². The van der Waals surface area contributed by atoms with Crippen molar-refractivity contribution in [1.29, 1.82) is 0 Å². The van der Waals surface area contributed by atoms with Crippen LogP contribution in [0.15, 0.2) is 72.8 Å². The molecule has 4 aromatic rings. The lowest BCUT2D eigenvalue weighted by atomic mass is 10.1. The van der Waals surface area contributed by atoms with Crippen LogP contribution in [0.4, 0.5) is 11.4 Å². The highest BCUT2D eigenvalue weighted by Gasteiger charge is 2.13. The number of rotatable bonds is 5. The second kappa shape index (κ2) is 8.19. The summed E-state index contributed by atoms with van der Waals surface area (Å²) in [5, 5.41) is 11.8. The Bertz CT molecular complexity index is 1150. The Morgan fingerprint density at radius 3 is 2.32 bits per heavy atom. The van der Waals surface area contributed by atoms with E-state index in [2.05, 4.69) is 15.5 Å². The molecule has 4 rings (SSSR count). The number of para-hydroxylation sites is 3. The van der Waals surface area contributed by atoms with Crippen molar-refractivity contribution in [2.45, 2.75) is 6.42 Å². The van der Waals surface area contributed by atoms with E-state index in [9.17, 15) is 0 Å². The number of hydrogen-bond acceptors (Lipinski definition) is 3. The highest BCUT2D eigenvalue weighted by atomic mass is 35.5. The smallest absolute Gasteiger partial charge is 0.199 e. The van der Waals surface area contributed by atoms with Crippen LogP contribution >= 0.6 is 35.4 Å². The molecule has 0 aliphatic heterocycles. The van der Waals surface area contributed by atoms with E-state index in [-0.39, 0.29) is 0 Å². The quantitative estimate of drug-likeness (QED) is 0.354. The number of nitrogens with one attached hydrogen (secondary N) is 2.